The Morgan fingerprint density at radius 1 is 1.33 bits per heavy atom. The summed E-state index contributed by atoms with van der Waals surface area (Å²) < 4.78 is 22.6. The van der Waals surface area contributed by atoms with Gasteiger partial charge >= 0.3 is 0 Å². The van der Waals surface area contributed by atoms with E-state index in [9.17, 15) is 13.2 Å². The van der Waals surface area contributed by atoms with Crippen LogP contribution in [-0.4, -0.2) is 19.5 Å². The number of benzene rings is 1. The third-order valence-electron chi connectivity index (χ3n) is 1.68. The lowest BCUT2D eigenvalue weighted by atomic mass is 10.3. The number of carbonyl (C=O) groups excluding carboxylic acids is 1. The molecule has 1 amide bonds. The molecule has 0 unspecified atom stereocenters. The summed E-state index contributed by atoms with van der Waals surface area (Å²) in [5, 5.41) is 2.08. The predicted octanol–water partition coefficient (Wildman–Crippen LogP) is 1.61. The molecule has 1 aromatic carbocycles. The minimum atomic E-state index is -3.39. The molecule has 0 saturated heterocycles. The first-order valence-corrected chi connectivity index (χ1v) is 6.31. The molecular formula is C9H10ClNO3S. The summed E-state index contributed by atoms with van der Waals surface area (Å²) in [4.78, 5) is 10.8. The van der Waals surface area contributed by atoms with E-state index in [4.69, 9.17) is 11.6 Å². The Balaban J connectivity index is 2.95. The molecule has 0 heterocycles. The first-order valence-electron chi connectivity index (χ1n) is 4.12. The Kier molecular flexibility index (Phi) is 3.71. The van der Waals surface area contributed by atoms with Crippen LogP contribution in [0.2, 0.25) is 0 Å². The summed E-state index contributed by atoms with van der Waals surface area (Å²) in [6.45, 7) is 1.38. The van der Waals surface area contributed by atoms with Crippen LogP contribution in [0.3, 0.4) is 0 Å². The van der Waals surface area contributed by atoms with Gasteiger partial charge in [0, 0.05) is 12.6 Å². The van der Waals surface area contributed by atoms with Crippen LogP contribution >= 0.6 is 11.6 Å². The summed E-state index contributed by atoms with van der Waals surface area (Å²) in [7, 11) is -3.39. The molecule has 1 rings (SSSR count). The average molecular weight is 248 g/mol. The molecule has 4 nitrogen and oxygen atoms in total. The van der Waals surface area contributed by atoms with Crippen molar-refractivity contribution in [2.24, 2.45) is 0 Å². The van der Waals surface area contributed by atoms with Gasteiger partial charge in [-0.15, -0.1) is 11.6 Å². The van der Waals surface area contributed by atoms with Gasteiger partial charge < -0.3 is 5.32 Å². The SMILES string of the molecule is CC(=O)Nc1ccc(S(=O)(=O)CCl)cc1. The number of hydrogen-bond donors (Lipinski definition) is 1. The molecule has 6 heteroatoms. The van der Waals surface area contributed by atoms with Crippen LogP contribution in [0.4, 0.5) is 5.69 Å². The molecule has 0 fully saturated rings. The fourth-order valence-corrected chi connectivity index (χ4v) is 2.07. The highest BCUT2D eigenvalue weighted by molar-refractivity contribution is 7.92. The third-order valence-corrected chi connectivity index (χ3v) is 3.82. The molecule has 82 valence electrons. The lowest BCUT2D eigenvalue weighted by Crippen LogP contribution is -2.06. The Morgan fingerprint density at radius 3 is 2.27 bits per heavy atom. The average Bonchev–Trinajstić information content (AvgIpc) is 2.18. The summed E-state index contributed by atoms with van der Waals surface area (Å²) in [5.74, 6) is -0.206. The number of hydrogen-bond acceptors (Lipinski definition) is 3. The van der Waals surface area contributed by atoms with Crippen molar-refractivity contribution in [1.29, 1.82) is 0 Å². The fourth-order valence-electron chi connectivity index (χ4n) is 1.01. The third kappa shape index (κ3) is 3.21. The van der Waals surface area contributed by atoms with Crippen LogP contribution in [0.15, 0.2) is 29.2 Å². The van der Waals surface area contributed by atoms with Gasteiger partial charge in [-0.25, -0.2) is 8.42 Å². The molecule has 0 saturated carbocycles. The van der Waals surface area contributed by atoms with Gasteiger partial charge in [0.05, 0.1) is 4.90 Å². The number of alkyl halides is 1. The van der Waals surface area contributed by atoms with Gasteiger partial charge in [0.1, 0.15) is 5.21 Å². The summed E-state index contributed by atoms with van der Waals surface area (Å²) in [5.41, 5.74) is 0.552. The molecule has 0 aliphatic carbocycles. The summed E-state index contributed by atoms with van der Waals surface area (Å²) in [6, 6.07) is 5.84. The van der Waals surface area contributed by atoms with Crippen LogP contribution in [0.25, 0.3) is 0 Å². The zero-order chi connectivity index (χ0) is 11.5. The molecule has 0 bridgehead atoms. The van der Waals surface area contributed by atoms with E-state index in [-0.39, 0.29) is 10.8 Å². The number of rotatable bonds is 3. The van der Waals surface area contributed by atoms with Gasteiger partial charge in [-0.05, 0) is 24.3 Å². The number of sulfone groups is 1. The normalized spacial score (nSPS) is 11.1. The van der Waals surface area contributed by atoms with Crippen molar-refractivity contribution in [2.75, 3.05) is 10.5 Å². The van der Waals surface area contributed by atoms with E-state index in [1.165, 1.54) is 31.2 Å². The smallest absolute Gasteiger partial charge is 0.221 e. The van der Waals surface area contributed by atoms with Crippen LogP contribution in [0.5, 0.6) is 0 Å². The topological polar surface area (TPSA) is 63.2 Å². The molecular weight excluding hydrogens is 238 g/mol. The Labute approximate surface area is 93.2 Å². The first kappa shape index (κ1) is 12.0. The number of nitrogens with one attached hydrogen (secondary N) is 1. The molecule has 0 atom stereocenters. The summed E-state index contributed by atoms with van der Waals surface area (Å²) in [6.07, 6.45) is 0. The maximum Gasteiger partial charge on any atom is 0.221 e. The van der Waals surface area contributed by atoms with Crippen LogP contribution < -0.4 is 5.32 Å². The maximum atomic E-state index is 11.3. The van der Waals surface area contributed by atoms with E-state index in [0.717, 1.165) is 0 Å². The van der Waals surface area contributed by atoms with Gasteiger partial charge in [0.25, 0.3) is 0 Å². The molecule has 1 aromatic rings. The van der Waals surface area contributed by atoms with E-state index >= 15 is 0 Å². The quantitative estimate of drug-likeness (QED) is 0.826. The highest BCUT2D eigenvalue weighted by Gasteiger charge is 2.11. The van der Waals surface area contributed by atoms with Crippen LogP contribution in [0.1, 0.15) is 6.92 Å². The molecule has 15 heavy (non-hydrogen) atoms. The van der Waals surface area contributed by atoms with Gasteiger partial charge in [-0.2, -0.15) is 0 Å². The Morgan fingerprint density at radius 2 is 1.87 bits per heavy atom. The number of carbonyl (C=O) groups is 1. The standard InChI is InChI=1S/C9H10ClNO3S/c1-7(12)11-8-2-4-9(5-3-8)15(13,14)6-10/h2-5H,6H2,1H3,(H,11,12). The minimum Gasteiger partial charge on any atom is -0.326 e. The van der Waals surface area contributed by atoms with E-state index in [1.807, 2.05) is 0 Å². The Bertz CT molecular complexity index is 453. The zero-order valence-electron chi connectivity index (χ0n) is 8.03. The second-order valence-corrected chi connectivity index (χ2v) is 5.50. The highest BCUT2D eigenvalue weighted by Crippen LogP contribution is 2.15. The van der Waals surface area contributed by atoms with Crippen molar-refractivity contribution < 1.29 is 13.2 Å². The predicted molar refractivity (Wildman–Crippen MR) is 58.7 cm³/mol. The second kappa shape index (κ2) is 4.63. The number of anilines is 1. The van der Waals surface area contributed by atoms with Gasteiger partial charge in [-0.3, -0.25) is 4.79 Å². The lowest BCUT2D eigenvalue weighted by Gasteiger charge is -2.03. The van der Waals surface area contributed by atoms with Crippen LogP contribution in [-0.2, 0) is 14.6 Å². The number of halogens is 1. The van der Waals surface area contributed by atoms with E-state index in [2.05, 4.69) is 5.32 Å². The molecule has 0 aliphatic heterocycles. The van der Waals surface area contributed by atoms with Crippen molar-refractivity contribution in [2.45, 2.75) is 11.8 Å². The fraction of sp³-hybridized carbons (Fsp3) is 0.222. The van der Waals surface area contributed by atoms with Gasteiger partial charge in [-0.1, -0.05) is 0 Å². The van der Waals surface area contributed by atoms with E-state index in [1.54, 1.807) is 0 Å². The van der Waals surface area contributed by atoms with Crippen molar-refractivity contribution in [3.63, 3.8) is 0 Å². The summed E-state index contributed by atoms with van der Waals surface area (Å²) >= 11 is 5.29. The van der Waals surface area contributed by atoms with Gasteiger partial charge in [0.15, 0.2) is 9.84 Å². The molecule has 0 aromatic heterocycles. The van der Waals surface area contributed by atoms with Crippen molar-refractivity contribution in [3.05, 3.63) is 24.3 Å². The van der Waals surface area contributed by atoms with Crippen LogP contribution in [0, 0.1) is 0 Å². The van der Waals surface area contributed by atoms with E-state index in [0.29, 0.717) is 5.69 Å². The zero-order valence-corrected chi connectivity index (χ0v) is 9.60. The molecule has 0 radical (unpaired) electrons. The van der Waals surface area contributed by atoms with Gasteiger partial charge in [0.2, 0.25) is 5.91 Å². The highest BCUT2D eigenvalue weighted by atomic mass is 35.5. The van der Waals surface area contributed by atoms with Crippen molar-refractivity contribution >= 4 is 33.0 Å². The Hall–Kier alpha value is -1.07. The maximum absolute atomic E-state index is 11.3. The van der Waals surface area contributed by atoms with Crippen molar-refractivity contribution in [1.82, 2.24) is 0 Å². The van der Waals surface area contributed by atoms with Crippen molar-refractivity contribution in [3.8, 4) is 0 Å². The lowest BCUT2D eigenvalue weighted by molar-refractivity contribution is -0.114. The number of amides is 1. The second-order valence-electron chi connectivity index (χ2n) is 2.93. The first-order chi connectivity index (χ1) is 6.95. The minimum absolute atomic E-state index is 0.145. The molecule has 0 aliphatic rings. The molecule has 0 spiro atoms. The largest absolute Gasteiger partial charge is 0.326 e. The van der Waals surface area contributed by atoms with E-state index < -0.39 is 15.0 Å². The molecule has 1 N–H and O–H groups in total. The monoisotopic (exact) mass is 247 g/mol.